The van der Waals surface area contributed by atoms with Crippen molar-refractivity contribution in [1.82, 2.24) is 20.4 Å². The van der Waals surface area contributed by atoms with Gasteiger partial charge >= 0.3 is 6.09 Å². The number of β-amino-alcohol motifs (C(OH)–C–C–N with tert-alkyl or cyclic N) is 1. The van der Waals surface area contributed by atoms with Gasteiger partial charge in [0.2, 0.25) is 0 Å². The van der Waals surface area contributed by atoms with E-state index < -0.39 is 18.3 Å². The minimum absolute atomic E-state index is 0.153. The summed E-state index contributed by atoms with van der Waals surface area (Å²) in [4.78, 5) is 17.9. The molecule has 5 rings (SSSR count). The van der Waals surface area contributed by atoms with Crippen LogP contribution in [0, 0.1) is 0 Å². The number of hydrogen-bond donors (Lipinski definition) is 3. The largest absolute Gasteiger partial charge is 0.497 e. The lowest BCUT2D eigenvalue weighted by Gasteiger charge is -2.42. The Labute approximate surface area is 237 Å². The van der Waals surface area contributed by atoms with Gasteiger partial charge in [-0.05, 0) is 48.9 Å². The van der Waals surface area contributed by atoms with Crippen LogP contribution < -0.4 is 15.4 Å². The highest BCUT2D eigenvalue weighted by Crippen LogP contribution is 2.21. The molecule has 3 N–H and O–H groups in total. The molecule has 1 amide bonds. The zero-order valence-corrected chi connectivity index (χ0v) is 23.5. The molecule has 0 aromatic heterocycles. The number of methoxy groups -OCH3 is 1. The number of rotatable bonds is 11. The van der Waals surface area contributed by atoms with E-state index in [0.29, 0.717) is 31.7 Å². The van der Waals surface area contributed by atoms with E-state index in [1.165, 1.54) is 5.56 Å². The number of carbonyl (C=O) groups is 1. The van der Waals surface area contributed by atoms with Crippen molar-refractivity contribution in [3.05, 3.63) is 65.7 Å². The second-order valence-corrected chi connectivity index (χ2v) is 11.2. The van der Waals surface area contributed by atoms with Crippen LogP contribution in [0.25, 0.3) is 0 Å². The summed E-state index contributed by atoms with van der Waals surface area (Å²) >= 11 is 0. The van der Waals surface area contributed by atoms with Crippen molar-refractivity contribution in [2.45, 2.75) is 62.6 Å². The first-order valence-corrected chi connectivity index (χ1v) is 14.7. The molecule has 218 valence electrons. The SMILES string of the molecule is COc1ccc(CC2NCC(O)C2OC(=O)NCC[C@H]2CN(CC3CCCO3)CCN2Cc2ccccc2)cc1. The van der Waals surface area contributed by atoms with Crippen LogP contribution in [0.15, 0.2) is 54.6 Å². The third-order valence-electron chi connectivity index (χ3n) is 8.37. The molecule has 3 heterocycles. The molecule has 3 aliphatic heterocycles. The fraction of sp³-hybridized carbons (Fsp3) is 0.581. The summed E-state index contributed by atoms with van der Waals surface area (Å²) in [5.74, 6) is 0.797. The van der Waals surface area contributed by atoms with Gasteiger partial charge in [-0.1, -0.05) is 42.5 Å². The Hall–Kier alpha value is -2.69. The monoisotopic (exact) mass is 552 g/mol. The molecule has 3 saturated heterocycles. The van der Waals surface area contributed by atoms with E-state index in [4.69, 9.17) is 14.2 Å². The molecule has 9 heteroatoms. The second-order valence-electron chi connectivity index (χ2n) is 11.2. The maximum absolute atomic E-state index is 12.8. The van der Waals surface area contributed by atoms with Crippen LogP contribution in [0.1, 0.15) is 30.4 Å². The molecule has 0 spiro atoms. The third kappa shape index (κ3) is 7.95. The lowest BCUT2D eigenvalue weighted by atomic mass is 10.0. The van der Waals surface area contributed by atoms with Crippen molar-refractivity contribution in [3.8, 4) is 5.75 Å². The number of amides is 1. The van der Waals surface area contributed by atoms with E-state index in [2.05, 4.69) is 50.8 Å². The molecule has 2 aromatic rings. The first kappa shape index (κ1) is 28.8. The normalized spacial score (nSPS) is 27.5. The van der Waals surface area contributed by atoms with Crippen LogP contribution in [-0.4, -0.2) is 104 Å². The van der Waals surface area contributed by atoms with E-state index in [0.717, 1.165) is 69.9 Å². The summed E-state index contributed by atoms with van der Waals surface area (Å²) < 4.78 is 16.9. The van der Waals surface area contributed by atoms with Crippen molar-refractivity contribution in [2.75, 3.05) is 53.0 Å². The zero-order chi connectivity index (χ0) is 27.7. The first-order chi connectivity index (χ1) is 19.6. The number of benzene rings is 2. The van der Waals surface area contributed by atoms with Crippen molar-refractivity contribution < 1.29 is 24.1 Å². The van der Waals surface area contributed by atoms with Gasteiger partial charge in [-0.15, -0.1) is 0 Å². The Bertz CT molecular complexity index is 1050. The van der Waals surface area contributed by atoms with Crippen LogP contribution in [0.4, 0.5) is 4.79 Å². The van der Waals surface area contributed by atoms with Gasteiger partial charge in [-0.3, -0.25) is 9.80 Å². The van der Waals surface area contributed by atoms with Gasteiger partial charge in [-0.25, -0.2) is 4.79 Å². The van der Waals surface area contributed by atoms with Crippen molar-refractivity contribution >= 4 is 6.09 Å². The average molecular weight is 553 g/mol. The van der Waals surface area contributed by atoms with Crippen molar-refractivity contribution in [2.24, 2.45) is 0 Å². The van der Waals surface area contributed by atoms with Gasteiger partial charge in [0.15, 0.2) is 0 Å². The molecule has 2 aromatic carbocycles. The van der Waals surface area contributed by atoms with E-state index >= 15 is 0 Å². The summed E-state index contributed by atoms with van der Waals surface area (Å²) in [5.41, 5.74) is 2.39. The number of alkyl carbamates (subject to hydrolysis) is 1. The molecule has 4 unspecified atom stereocenters. The molecule has 0 aliphatic carbocycles. The van der Waals surface area contributed by atoms with Gasteiger partial charge in [0, 0.05) is 58.5 Å². The van der Waals surface area contributed by atoms with E-state index in [1.54, 1.807) is 7.11 Å². The number of piperazine rings is 1. The minimum atomic E-state index is -0.736. The highest BCUT2D eigenvalue weighted by Gasteiger charge is 2.38. The third-order valence-corrected chi connectivity index (χ3v) is 8.37. The van der Waals surface area contributed by atoms with Gasteiger partial charge in [0.1, 0.15) is 18.0 Å². The van der Waals surface area contributed by atoms with Crippen LogP contribution in [0.5, 0.6) is 5.75 Å². The summed E-state index contributed by atoms with van der Waals surface area (Å²) in [6, 6.07) is 18.6. The average Bonchev–Trinajstić information content (AvgIpc) is 3.61. The van der Waals surface area contributed by atoms with Gasteiger partial charge in [0.05, 0.1) is 19.3 Å². The minimum Gasteiger partial charge on any atom is -0.497 e. The first-order valence-electron chi connectivity index (χ1n) is 14.7. The predicted molar refractivity (Wildman–Crippen MR) is 153 cm³/mol. The lowest BCUT2D eigenvalue weighted by Crippen LogP contribution is -2.54. The fourth-order valence-electron chi connectivity index (χ4n) is 6.14. The molecule has 40 heavy (non-hydrogen) atoms. The summed E-state index contributed by atoms with van der Waals surface area (Å²) in [5, 5.41) is 16.8. The van der Waals surface area contributed by atoms with E-state index in [9.17, 15) is 9.90 Å². The Morgan fingerprint density at radius 2 is 1.95 bits per heavy atom. The zero-order valence-electron chi connectivity index (χ0n) is 23.5. The Morgan fingerprint density at radius 1 is 1.12 bits per heavy atom. The highest BCUT2D eigenvalue weighted by molar-refractivity contribution is 5.67. The predicted octanol–water partition coefficient (Wildman–Crippen LogP) is 2.42. The molecule has 3 aliphatic rings. The molecule has 0 bridgehead atoms. The number of hydrogen-bond acceptors (Lipinski definition) is 8. The van der Waals surface area contributed by atoms with E-state index in [1.807, 2.05) is 24.3 Å². The molecule has 9 nitrogen and oxygen atoms in total. The van der Waals surface area contributed by atoms with Crippen LogP contribution in [-0.2, 0) is 22.4 Å². The molecule has 0 radical (unpaired) electrons. The molecule has 5 atom stereocenters. The number of carbonyl (C=O) groups excluding carboxylic acids is 1. The molecule has 0 saturated carbocycles. The second kappa shape index (κ2) is 14.3. The van der Waals surface area contributed by atoms with Crippen LogP contribution >= 0.6 is 0 Å². The Balaban J connectivity index is 1.12. The quantitative estimate of drug-likeness (QED) is 0.391. The van der Waals surface area contributed by atoms with Crippen molar-refractivity contribution in [3.63, 3.8) is 0 Å². The highest BCUT2D eigenvalue weighted by atomic mass is 16.6. The van der Waals surface area contributed by atoms with Gasteiger partial charge < -0.3 is 30.0 Å². The number of nitrogens with one attached hydrogen (secondary N) is 2. The molecule has 3 fully saturated rings. The lowest BCUT2D eigenvalue weighted by molar-refractivity contribution is 0.0155. The smallest absolute Gasteiger partial charge is 0.407 e. The number of aliphatic hydroxyl groups is 1. The standard InChI is InChI=1S/C31H44N4O5/c1-38-26-11-9-23(10-12-26)18-28-30(29(36)19-33-28)40-31(37)32-14-13-25-21-34(22-27-8-5-17-39-27)15-16-35(25)20-24-6-3-2-4-7-24/h2-4,6-7,9-12,25,27-30,33,36H,5,8,13-22H2,1H3,(H,32,37)/t25-,27?,28?,29?,30?/m0/s1. The number of aliphatic hydroxyl groups excluding tert-OH is 1. The van der Waals surface area contributed by atoms with Crippen molar-refractivity contribution in [1.29, 1.82) is 0 Å². The Kier molecular flexibility index (Phi) is 10.3. The topological polar surface area (TPSA) is 95.5 Å². The maximum atomic E-state index is 12.8. The Morgan fingerprint density at radius 3 is 2.70 bits per heavy atom. The van der Waals surface area contributed by atoms with Gasteiger partial charge in [0.25, 0.3) is 0 Å². The summed E-state index contributed by atoms with van der Waals surface area (Å²) in [6.45, 7) is 6.64. The van der Waals surface area contributed by atoms with Crippen LogP contribution in [0.3, 0.4) is 0 Å². The number of ether oxygens (including phenoxy) is 3. The summed E-state index contributed by atoms with van der Waals surface area (Å²) in [7, 11) is 1.64. The van der Waals surface area contributed by atoms with Gasteiger partial charge in [-0.2, -0.15) is 0 Å². The maximum Gasteiger partial charge on any atom is 0.407 e. The molecular formula is C31H44N4O5. The summed E-state index contributed by atoms with van der Waals surface area (Å²) in [6.07, 6.45) is 2.29. The molecular weight excluding hydrogens is 508 g/mol. The van der Waals surface area contributed by atoms with Crippen LogP contribution in [0.2, 0.25) is 0 Å². The fourth-order valence-corrected chi connectivity index (χ4v) is 6.14. The number of nitrogens with zero attached hydrogens (tertiary/aromatic N) is 2. The van der Waals surface area contributed by atoms with E-state index in [-0.39, 0.29) is 6.04 Å².